The predicted molar refractivity (Wildman–Crippen MR) is 108 cm³/mol. The summed E-state index contributed by atoms with van der Waals surface area (Å²) < 4.78 is 0. The molecular weight excluding hydrogens is 406 g/mol. The average Bonchev–Trinajstić information content (AvgIpc) is 3.23. The largest absolute Gasteiger partial charge is 0.357 e. The molecule has 0 bridgehead atoms. The van der Waals surface area contributed by atoms with E-state index in [-0.39, 0.29) is 29.9 Å². The molecule has 1 aromatic carbocycles. The Morgan fingerprint density at radius 3 is 2.67 bits per heavy atom. The van der Waals surface area contributed by atoms with E-state index >= 15 is 0 Å². The van der Waals surface area contributed by atoms with Gasteiger partial charge in [-0.05, 0) is 24.1 Å². The van der Waals surface area contributed by atoms with E-state index in [1.807, 2.05) is 0 Å². The first-order valence-corrected chi connectivity index (χ1v) is 10.6. The van der Waals surface area contributed by atoms with Crippen molar-refractivity contribution in [2.75, 3.05) is 18.4 Å². The van der Waals surface area contributed by atoms with E-state index in [0.29, 0.717) is 12.5 Å². The first kappa shape index (κ1) is 18.9. The molecule has 0 radical (unpaired) electrons. The van der Waals surface area contributed by atoms with Crippen molar-refractivity contribution >= 4 is 40.1 Å². The maximum atomic E-state index is 12.9. The van der Waals surface area contributed by atoms with Gasteiger partial charge in [0.2, 0.25) is 11.8 Å². The summed E-state index contributed by atoms with van der Waals surface area (Å²) in [6.45, 7) is 2.37. The van der Waals surface area contributed by atoms with Crippen molar-refractivity contribution in [2.45, 2.75) is 31.3 Å². The van der Waals surface area contributed by atoms with Crippen molar-refractivity contribution in [1.29, 1.82) is 0 Å². The van der Waals surface area contributed by atoms with Gasteiger partial charge >= 0.3 is 0 Å². The summed E-state index contributed by atoms with van der Waals surface area (Å²) in [5.74, 6) is -1.52. The molecule has 0 spiro atoms. The van der Waals surface area contributed by atoms with Crippen LogP contribution in [0.2, 0.25) is 0 Å². The Kier molecular flexibility index (Phi) is 4.59. The third kappa shape index (κ3) is 3.17. The number of piperidine rings is 1. The number of fused-ring (bicyclic) bond motifs is 1. The van der Waals surface area contributed by atoms with Crippen LogP contribution in [0.25, 0.3) is 0 Å². The zero-order valence-electron chi connectivity index (χ0n) is 15.9. The zero-order valence-corrected chi connectivity index (χ0v) is 16.8. The Morgan fingerprint density at radius 2 is 1.93 bits per heavy atom. The van der Waals surface area contributed by atoms with Crippen molar-refractivity contribution < 1.29 is 19.2 Å². The minimum Gasteiger partial charge on any atom is -0.357 e. The molecule has 0 aliphatic carbocycles. The van der Waals surface area contributed by atoms with Crippen LogP contribution in [-0.4, -0.2) is 52.6 Å². The average molecular weight is 425 g/mol. The number of rotatable bonds is 5. The van der Waals surface area contributed by atoms with Crippen molar-refractivity contribution in [3.63, 3.8) is 0 Å². The van der Waals surface area contributed by atoms with Crippen LogP contribution in [0.15, 0.2) is 23.6 Å². The van der Waals surface area contributed by atoms with Gasteiger partial charge in [0, 0.05) is 37.4 Å². The Morgan fingerprint density at radius 1 is 1.13 bits per heavy atom. The minimum absolute atomic E-state index is 0.103. The summed E-state index contributed by atoms with van der Waals surface area (Å²) in [5.41, 5.74) is 2.48. The lowest BCUT2D eigenvalue weighted by Gasteiger charge is -2.27. The molecule has 1 aromatic heterocycles. The number of amides is 4. The molecule has 30 heavy (non-hydrogen) atoms. The predicted octanol–water partition coefficient (Wildman–Crippen LogP) is 0.843. The first-order chi connectivity index (χ1) is 14.5. The number of nitrogens with zero attached hydrogens (tertiary/aromatic N) is 2. The lowest BCUT2D eigenvalue weighted by molar-refractivity contribution is -0.136. The zero-order chi connectivity index (χ0) is 20.8. The molecule has 1 atom stereocenters. The van der Waals surface area contributed by atoms with Crippen molar-refractivity contribution in [1.82, 2.24) is 20.5 Å². The Balaban J connectivity index is 1.30. The normalized spacial score (nSPS) is 21.5. The molecule has 2 saturated heterocycles. The van der Waals surface area contributed by atoms with Crippen LogP contribution >= 0.6 is 11.3 Å². The number of imide groups is 2. The molecule has 3 aliphatic rings. The Bertz CT molecular complexity index is 1080. The Labute approximate surface area is 175 Å². The van der Waals surface area contributed by atoms with Crippen LogP contribution in [-0.2, 0) is 16.1 Å². The molecule has 4 amide bonds. The van der Waals surface area contributed by atoms with Gasteiger partial charge < -0.3 is 10.6 Å². The standard InChI is InChI=1S/C20H19N5O4S/c26-16-4-3-15(17(27)24-16)25-18(28)12-2-1-10(5-13(12)19(25)29)6-22-20-23-14(9-30-20)11-7-21-8-11/h1-2,5,9,11,15,21H,3-4,6-8H2,(H,22,23)(H,24,26,27). The fourth-order valence-corrected chi connectivity index (χ4v) is 4.65. The summed E-state index contributed by atoms with van der Waals surface area (Å²) >= 11 is 1.54. The van der Waals surface area contributed by atoms with Gasteiger partial charge in [0.05, 0.1) is 16.8 Å². The molecule has 3 aliphatic heterocycles. The summed E-state index contributed by atoms with van der Waals surface area (Å²) in [7, 11) is 0. The number of anilines is 1. The van der Waals surface area contributed by atoms with Crippen molar-refractivity contribution in [2.24, 2.45) is 0 Å². The van der Waals surface area contributed by atoms with Crippen molar-refractivity contribution in [3.8, 4) is 0 Å². The number of carbonyl (C=O) groups is 4. The van der Waals surface area contributed by atoms with E-state index in [1.165, 1.54) is 0 Å². The SMILES string of the molecule is O=C1CCC(N2C(=O)c3ccc(CNc4nc(C5CNC5)cs4)cc3C2=O)C(=O)N1. The fourth-order valence-electron chi connectivity index (χ4n) is 3.86. The molecule has 3 N–H and O–H groups in total. The highest BCUT2D eigenvalue weighted by molar-refractivity contribution is 7.13. The number of nitrogens with one attached hydrogen (secondary N) is 3. The van der Waals surface area contributed by atoms with Crippen LogP contribution in [0.4, 0.5) is 5.13 Å². The highest BCUT2D eigenvalue weighted by Gasteiger charge is 2.44. The smallest absolute Gasteiger partial charge is 0.262 e. The molecule has 2 aromatic rings. The van der Waals surface area contributed by atoms with Gasteiger partial charge in [0.15, 0.2) is 5.13 Å². The molecular formula is C20H19N5O4S. The van der Waals surface area contributed by atoms with Crippen molar-refractivity contribution in [3.05, 3.63) is 46.0 Å². The highest BCUT2D eigenvalue weighted by Crippen LogP contribution is 2.29. The maximum absolute atomic E-state index is 12.9. The number of benzene rings is 1. The second-order valence-electron chi connectivity index (χ2n) is 7.61. The Hall–Kier alpha value is -3.11. The molecule has 154 valence electrons. The van der Waals surface area contributed by atoms with Gasteiger partial charge in [-0.25, -0.2) is 4.98 Å². The number of aromatic nitrogens is 1. The highest BCUT2D eigenvalue weighted by atomic mass is 32.1. The number of thiazole rings is 1. The molecule has 1 unspecified atom stereocenters. The topological polar surface area (TPSA) is 120 Å². The quantitative estimate of drug-likeness (QED) is 0.607. The van der Waals surface area contributed by atoms with E-state index in [9.17, 15) is 19.2 Å². The van der Waals surface area contributed by atoms with Gasteiger partial charge in [-0.3, -0.25) is 29.4 Å². The van der Waals surface area contributed by atoms with Gasteiger partial charge in [-0.1, -0.05) is 6.07 Å². The third-order valence-corrected chi connectivity index (χ3v) is 6.49. The van der Waals surface area contributed by atoms with Crippen LogP contribution in [0.5, 0.6) is 0 Å². The molecule has 4 heterocycles. The lowest BCUT2D eigenvalue weighted by Crippen LogP contribution is -2.54. The van der Waals surface area contributed by atoms with Crippen LogP contribution in [0, 0.1) is 0 Å². The van der Waals surface area contributed by atoms with Crippen LogP contribution in [0.3, 0.4) is 0 Å². The molecule has 5 rings (SSSR count). The number of carbonyl (C=O) groups excluding carboxylic acids is 4. The summed E-state index contributed by atoms with van der Waals surface area (Å²) in [6.07, 6.45) is 0.249. The van der Waals surface area contributed by atoms with Crippen LogP contribution < -0.4 is 16.0 Å². The van der Waals surface area contributed by atoms with E-state index in [4.69, 9.17) is 0 Å². The van der Waals surface area contributed by atoms with E-state index in [0.717, 1.165) is 34.4 Å². The molecule has 0 saturated carbocycles. The van der Waals surface area contributed by atoms with E-state index in [1.54, 1.807) is 29.5 Å². The van der Waals surface area contributed by atoms with Gasteiger partial charge in [0.1, 0.15) is 6.04 Å². The minimum atomic E-state index is -0.952. The lowest BCUT2D eigenvalue weighted by atomic mass is 10.0. The number of hydrogen-bond donors (Lipinski definition) is 3. The van der Waals surface area contributed by atoms with Crippen LogP contribution in [0.1, 0.15) is 50.7 Å². The van der Waals surface area contributed by atoms with E-state index in [2.05, 4.69) is 26.3 Å². The third-order valence-electron chi connectivity index (χ3n) is 5.67. The number of hydrogen-bond acceptors (Lipinski definition) is 8. The van der Waals surface area contributed by atoms with Gasteiger partial charge in [-0.2, -0.15) is 0 Å². The first-order valence-electron chi connectivity index (χ1n) is 9.76. The molecule has 9 nitrogen and oxygen atoms in total. The summed E-state index contributed by atoms with van der Waals surface area (Å²) in [4.78, 5) is 54.7. The maximum Gasteiger partial charge on any atom is 0.262 e. The molecule has 10 heteroatoms. The second-order valence-corrected chi connectivity index (χ2v) is 8.47. The summed E-state index contributed by atoms with van der Waals surface area (Å²) in [6, 6.07) is 4.13. The van der Waals surface area contributed by atoms with E-state index < -0.39 is 23.8 Å². The second kappa shape index (κ2) is 7.29. The monoisotopic (exact) mass is 425 g/mol. The summed E-state index contributed by atoms with van der Waals surface area (Å²) in [5, 5.41) is 11.6. The fraction of sp³-hybridized carbons (Fsp3) is 0.350. The van der Waals surface area contributed by atoms with Gasteiger partial charge in [-0.15, -0.1) is 11.3 Å². The van der Waals surface area contributed by atoms with Gasteiger partial charge in [0.25, 0.3) is 11.8 Å². The molecule has 2 fully saturated rings.